The molecule has 3 heterocycles. The minimum absolute atomic E-state index is 0.0178. The zero-order valence-corrected chi connectivity index (χ0v) is 83.1. The van der Waals surface area contributed by atoms with Crippen molar-refractivity contribution in [2.24, 2.45) is 0 Å². The number of carbonyl (C=O) groups is 20. The number of rotatable bonds is 73. The summed E-state index contributed by atoms with van der Waals surface area (Å²) in [4.78, 5) is 249. The molecule has 3 aliphatic heterocycles. The van der Waals surface area contributed by atoms with E-state index in [1.807, 2.05) is 0 Å². The Bertz CT molecular complexity index is 4040. The molecule has 13 atom stereocenters. The lowest BCUT2D eigenvalue weighted by molar-refractivity contribution is -0.277. The molecule has 0 spiro atoms. The van der Waals surface area contributed by atoms with Gasteiger partial charge in [0.25, 0.3) is 0 Å². The fourth-order valence-electron chi connectivity index (χ4n) is 14.7. The van der Waals surface area contributed by atoms with Crippen molar-refractivity contribution in [1.29, 1.82) is 0 Å². The molecule has 2 fully saturated rings. The van der Waals surface area contributed by atoms with Crippen LogP contribution in [0.4, 0.5) is 0 Å². The lowest BCUT2D eigenvalue weighted by Crippen LogP contribution is -2.68. The highest BCUT2D eigenvalue weighted by molar-refractivity contribution is 5.80. The third-order valence-corrected chi connectivity index (χ3v) is 20.9. The first-order valence-electron chi connectivity index (χ1n) is 47.7. The Labute approximate surface area is 820 Å². The molecule has 800 valence electrons. The van der Waals surface area contributed by atoms with Crippen LogP contribution in [0, 0.1) is 0 Å². The molecule has 3 rings (SSSR count). The molecular weight excluding hydrogens is 1870 g/mol. The fraction of sp³-hybridized carbons (Fsp3) is 0.761. The first kappa shape index (κ1) is 124. The Hall–Kier alpha value is -11.2. The molecule has 0 aliphatic carbocycles. The number of aliphatic carboxylic acids is 1. The molecule has 0 saturated carbocycles. The normalized spacial score (nSPS) is 20.1. The average molecular weight is 2020 g/mol. The highest BCUT2D eigenvalue weighted by Crippen LogP contribution is 2.36. The second kappa shape index (κ2) is 70.4. The SMILES string of the molecule is CC(=O)NC1C(OC(C)=O)=C(OC(C)=O)C(COC(C)=O)O[C@H]1OCCCCC(=O)NCCCNC(=O)CCOCC(COCCC(=O)NCCCNC(=O)CCCCO[C@@H]1OC(COC(C)=O)[C@@H](OC(C)=O)C(OC(C)=O)C1NC(C)=O)(COCCC(=O)NCCCNC(=O)CCCCO[C@@H]1OC(COC(C)=O)CC(COC(C)=O)(OC(C)=O)C1NC(C)=O)NC(=O)CCCCCCCCCCC(=O)O. The van der Waals surface area contributed by atoms with Gasteiger partial charge in [-0.2, -0.15) is 0 Å². The monoisotopic (exact) mass is 2020 g/mol. The summed E-state index contributed by atoms with van der Waals surface area (Å²) in [5, 5.41) is 36.7. The zero-order valence-electron chi connectivity index (χ0n) is 83.1. The summed E-state index contributed by atoms with van der Waals surface area (Å²) < 4.78 is 103. The summed E-state index contributed by atoms with van der Waals surface area (Å²) in [7, 11) is 0. The van der Waals surface area contributed by atoms with Crippen molar-refractivity contribution in [3.05, 3.63) is 11.5 Å². The van der Waals surface area contributed by atoms with Gasteiger partial charge in [-0.05, 0) is 70.6 Å². The molecule has 0 bridgehead atoms. The number of nitrogens with one attached hydrogen (secondary N) is 10. The quantitative estimate of drug-likeness (QED) is 0.0232. The van der Waals surface area contributed by atoms with Crippen molar-refractivity contribution in [3.8, 4) is 0 Å². The predicted molar refractivity (Wildman–Crippen MR) is 488 cm³/mol. The minimum Gasteiger partial charge on any atom is -0.481 e. The van der Waals surface area contributed by atoms with E-state index >= 15 is 0 Å². The number of carbonyl (C=O) groups excluding carboxylic acids is 19. The maximum absolute atomic E-state index is 14.1. The number of hydrogen-bond acceptors (Lipinski definition) is 38. The number of hydrogen-bond donors (Lipinski definition) is 11. The number of amides is 10. The topological polar surface area (TPSA) is 648 Å². The fourth-order valence-corrected chi connectivity index (χ4v) is 14.7. The second-order valence-corrected chi connectivity index (χ2v) is 34.0. The van der Waals surface area contributed by atoms with Crippen molar-refractivity contribution in [3.63, 3.8) is 0 Å². The number of ether oxygens (including phenoxy) is 18. The van der Waals surface area contributed by atoms with Crippen molar-refractivity contribution < 1.29 is 186 Å². The third kappa shape index (κ3) is 56.3. The second-order valence-electron chi connectivity index (χ2n) is 34.0. The Morgan fingerprint density at radius 3 is 1.15 bits per heavy atom. The minimum atomic E-state index is -1.70. The third-order valence-electron chi connectivity index (χ3n) is 20.9. The number of carboxylic acids is 1. The number of unbranched alkanes of at least 4 members (excludes halogenated alkanes) is 10. The first-order valence-corrected chi connectivity index (χ1v) is 47.7. The molecule has 0 aromatic heterocycles. The summed E-state index contributed by atoms with van der Waals surface area (Å²) in [5.41, 5.74) is -3.19. The molecule has 0 aromatic carbocycles. The smallest absolute Gasteiger partial charge is 0.307 e. The summed E-state index contributed by atoms with van der Waals surface area (Å²) in [6.07, 6.45) is -1.45. The van der Waals surface area contributed by atoms with Gasteiger partial charge in [0, 0.05) is 200 Å². The molecule has 3 aliphatic rings. The van der Waals surface area contributed by atoms with Gasteiger partial charge in [0.05, 0.1) is 45.7 Å². The summed E-state index contributed by atoms with van der Waals surface area (Å²) in [6, 6.07) is -3.66. The lowest BCUT2D eigenvalue weighted by atomic mass is 9.85. The molecule has 9 unspecified atom stereocenters. The van der Waals surface area contributed by atoms with Gasteiger partial charge >= 0.3 is 59.7 Å². The average Bonchev–Trinajstić information content (AvgIpc) is 0.764. The van der Waals surface area contributed by atoms with E-state index < -0.39 is 200 Å². The van der Waals surface area contributed by atoms with Crippen LogP contribution in [0.2, 0.25) is 0 Å². The standard InChI is InChI=1S/C92H148N10O39/c1-58(103)99-81-85(136-67(10)112)83(134-65(8)110)71(52-131-62(5)107)139-88(81)127-44-24-21-30-73(115)93-38-27-41-96-76(118)35-47-124-54-91(102-79(121)33-19-17-15-13-14-16-18-20-34-80(122)123,55-125-48-36-77(119)97-42-28-39-94-74(116)31-22-25-45-128-89-82(100-59(2)104)86(137-68(11)113)84(135-66(9)111)72(140-89)53-132-63(6)108)56-126-49-37-78(120)98-43-29-40-95-75(117)32-23-26-46-129-90-87(101-60(3)105)92(141-69(12)114,57-133-64(7)109)50-70(138-90)51-130-61(4)106/h70-72,81-83,85,87-90H,13-57H2,1-12H3,(H,93,115)(H,94,116)(H,95,117)(H,96,118)(H,97,119)(H,98,120)(H,99,103)(H,100,104)(H,101,105)(H,102,121)(H,122,123)/t70?,71?,72?,81?,82?,83-,85?,87?,88-,89-,90-,91?,92?/m1/s1. The van der Waals surface area contributed by atoms with E-state index in [-0.39, 0.29) is 192 Å². The van der Waals surface area contributed by atoms with E-state index in [1.54, 1.807) is 0 Å². The number of carboxylic acid groups (broad SMARTS) is 1. The molecular formula is C92H148N10O39. The van der Waals surface area contributed by atoms with Crippen molar-refractivity contribution in [2.45, 2.75) is 329 Å². The van der Waals surface area contributed by atoms with E-state index in [4.69, 9.17) is 90.4 Å². The highest BCUT2D eigenvalue weighted by Gasteiger charge is 2.56. The van der Waals surface area contributed by atoms with E-state index in [0.29, 0.717) is 77.0 Å². The first-order chi connectivity index (χ1) is 67.0. The van der Waals surface area contributed by atoms with Crippen molar-refractivity contribution in [1.82, 2.24) is 53.2 Å². The van der Waals surface area contributed by atoms with Crippen LogP contribution in [-0.4, -0.2) is 328 Å². The molecule has 10 amide bonds. The highest BCUT2D eigenvalue weighted by atomic mass is 16.7. The maximum atomic E-state index is 14.1. The zero-order chi connectivity index (χ0) is 105. The maximum Gasteiger partial charge on any atom is 0.307 e. The summed E-state index contributed by atoms with van der Waals surface area (Å²) >= 11 is 0. The molecule has 0 aromatic rings. The van der Waals surface area contributed by atoms with E-state index in [9.17, 15) is 95.9 Å². The van der Waals surface area contributed by atoms with Gasteiger partial charge in [0.1, 0.15) is 56.2 Å². The molecule has 11 N–H and O–H groups in total. The van der Waals surface area contributed by atoms with Gasteiger partial charge in [-0.15, -0.1) is 0 Å². The van der Waals surface area contributed by atoms with Crippen LogP contribution in [0.1, 0.15) is 250 Å². The van der Waals surface area contributed by atoms with E-state index in [2.05, 4.69) is 53.2 Å². The Morgan fingerprint density at radius 1 is 0.348 bits per heavy atom. The van der Waals surface area contributed by atoms with Crippen LogP contribution >= 0.6 is 0 Å². The van der Waals surface area contributed by atoms with Crippen LogP contribution in [0.15, 0.2) is 11.5 Å². The van der Waals surface area contributed by atoms with Crippen LogP contribution in [0.5, 0.6) is 0 Å². The van der Waals surface area contributed by atoms with Crippen LogP contribution in [0.25, 0.3) is 0 Å². The Kier molecular flexibility index (Phi) is 61.9. The molecule has 0 radical (unpaired) electrons. The molecule has 2 saturated heterocycles. The van der Waals surface area contributed by atoms with Gasteiger partial charge in [-0.25, -0.2) is 0 Å². The van der Waals surface area contributed by atoms with Gasteiger partial charge in [0.2, 0.25) is 59.1 Å². The van der Waals surface area contributed by atoms with E-state index in [1.165, 1.54) is 27.7 Å². The van der Waals surface area contributed by atoms with Gasteiger partial charge < -0.3 is 144 Å². The van der Waals surface area contributed by atoms with Gasteiger partial charge in [-0.3, -0.25) is 95.9 Å². The number of esters is 9. The van der Waals surface area contributed by atoms with E-state index in [0.717, 1.165) is 87.5 Å². The van der Waals surface area contributed by atoms with Gasteiger partial charge in [-0.1, -0.05) is 38.5 Å². The van der Waals surface area contributed by atoms with Crippen LogP contribution in [-0.2, 0) is 181 Å². The lowest BCUT2D eigenvalue weighted by Gasteiger charge is -2.48. The summed E-state index contributed by atoms with van der Waals surface area (Å²) in [6.45, 7) is 11.6. The van der Waals surface area contributed by atoms with Gasteiger partial charge in [0.15, 0.2) is 54.3 Å². The molecule has 49 nitrogen and oxygen atoms in total. The van der Waals surface area contributed by atoms with Crippen LogP contribution in [0.3, 0.4) is 0 Å². The molecule has 141 heavy (non-hydrogen) atoms. The van der Waals surface area contributed by atoms with Crippen LogP contribution < -0.4 is 53.2 Å². The summed E-state index contributed by atoms with van der Waals surface area (Å²) in [5.74, 6) is -12.5. The van der Waals surface area contributed by atoms with Crippen molar-refractivity contribution >= 4 is 119 Å². The Morgan fingerprint density at radius 2 is 0.730 bits per heavy atom. The molecule has 49 heteroatoms. The predicted octanol–water partition coefficient (Wildman–Crippen LogP) is 1.31. The van der Waals surface area contributed by atoms with Crippen molar-refractivity contribution in [2.75, 3.05) is 125 Å². The Balaban J connectivity index is 1.68. The largest absolute Gasteiger partial charge is 0.481 e.